The van der Waals surface area contributed by atoms with E-state index in [-0.39, 0.29) is 17.7 Å². The minimum absolute atomic E-state index is 0.0173. The van der Waals surface area contributed by atoms with Crippen molar-refractivity contribution in [3.63, 3.8) is 0 Å². The van der Waals surface area contributed by atoms with E-state index in [0.29, 0.717) is 5.88 Å². The molecule has 0 saturated carbocycles. The number of alkyl halides is 1. The van der Waals surface area contributed by atoms with Crippen molar-refractivity contribution in [2.45, 2.75) is 25.8 Å². The highest BCUT2D eigenvalue weighted by molar-refractivity contribution is 6.17. The van der Waals surface area contributed by atoms with Crippen LogP contribution in [0, 0.1) is 5.82 Å². The minimum atomic E-state index is -0.355. The topological polar surface area (TPSA) is 9.23 Å². The standard InChI is InChI=1S/C10H12ClFO/c1-7(2)13-10-4-3-8(6-11)5-9(10)12/h3-5,7H,6H2,1-2H3. The Labute approximate surface area is 82.5 Å². The van der Waals surface area contributed by atoms with Gasteiger partial charge in [0.1, 0.15) is 0 Å². The molecule has 72 valence electrons. The molecule has 3 heteroatoms. The summed E-state index contributed by atoms with van der Waals surface area (Å²) in [4.78, 5) is 0. The first-order chi connectivity index (χ1) is 6.13. The molecule has 0 aromatic heterocycles. The Morgan fingerprint density at radius 2 is 2.15 bits per heavy atom. The average Bonchev–Trinajstić information content (AvgIpc) is 2.08. The van der Waals surface area contributed by atoms with Gasteiger partial charge in [-0.05, 0) is 31.5 Å². The smallest absolute Gasteiger partial charge is 0.165 e. The second-order valence-electron chi connectivity index (χ2n) is 3.07. The lowest BCUT2D eigenvalue weighted by atomic mass is 10.2. The first-order valence-electron chi connectivity index (χ1n) is 4.14. The quantitative estimate of drug-likeness (QED) is 0.683. The Morgan fingerprint density at radius 1 is 1.46 bits per heavy atom. The zero-order valence-corrected chi connectivity index (χ0v) is 8.44. The summed E-state index contributed by atoms with van der Waals surface area (Å²) in [6, 6.07) is 4.76. The summed E-state index contributed by atoms with van der Waals surface area (Å²) in [5.74, 6) is 0.245. The molecule has 1 nitrogen and oxygen atoms in total. The van der Waals surface area contributed by atoms with Gasteiger partial charge in [0, 0.05) is 5.88 Å². The van der Waals surface area contributed by atoms with E-state index in [0.717, 1.165) is 5.56 Å². The summed E-state index contributed by atoms with van der Waals surface area (Å²) in [5, 5.41) is 0. The highest BCUT2D eigenvalue weighted by atomic mass is 35.5. The maximum absolute atomic E-state index is 13.2. The predicted molar refractivity (Wildman–Crippen MR) is 51.7 cm³/mol. The summed E-state index contributed by atoms with van der Waals surface area (Å²) in [5.41, 5.74) is 0.760. The molecule has 0 amide bonds. The summed E-state index contributed by atoms with van der Waals surface area (Å²) < 4.78 is 18.4. The van der Waals surface area contributed by atoms with Crippen molar-refractivity contribution < 1.29 is 9.13 Å². The van der Waals surface area contributed by atoms with Crippen LogP contribution in [0.2, 0.25) is 0 Å². The molecule has 0 atom stereocenters. The second kappa shape index (κ2) is 4.47. The van der Waals surface area contributed by atoms with Gasteiger partial charge in [-0.15, -0.1) is 11.6 Å². The molecule has 0 bridgehead atoms. The monoisotopic (exact) mass is 202 g/mol. The fourth-order valence-corrected chi connectivity index (χ4v) is 1.14. The van der Waals surface area contributed by atoms with Crippen LogP contribution >= 0.6 is 11.6 Å². The van der Waals surface area contributed by atoms with Gasteiger partial charge in [-0.1, -0.05) is 6.07 Å². The molecule has 0 saturated heterocycles. The van der Waals surface area contributed by atoms with Crippen LogP contribution in [-0.4, -0.2) is 6.10 Å². The average molecular weight is 203 g/mol. The van der Waals surface area contributed by atoms with Gasteiger partial charge in [-0.25, -0.2) is 4.39 Å². The number of hydrogen-bond acceptors (Lipinski definition) is 1. The van der Waals surface area contributed by atoms with E-state index in [4.69, 9.17) is 16.3 Å². The molecule has 1 rings (SSSR count). The fourth-order valence-electron chi connectivity index (χ4n) is 0.977. The van der Waals surface area contributed by atoms with Crippen LogP contribution in [0.4, 0.5) is 4.39 Å². The molecule has 0 fully saturated rings. The zero-order chi connectivity index (χ0) is 9.84. The summed E-state index contributed by atoms with van der Waals surface area (Å²) in [6.07, 6.45) is -0.0173. The summed E-state index contributed by atoms with van der Waals surface area (Å²) >= 11 is 5.55. The molecular weight excluding hydrogens is 191 g/mol. The molecule has 1 aromatic carbocycles. The number of halogens is 2. The molecule has 0 N–H and O–H groups in total. The number of benzene rings is 1. The molecule has 0 aliphatic rings. The lowest BCUT2D eigenvalue weighted by Crippen LogP contribution is -2.06. The Hall–Kier alpha value is -0.760. The fraction of sp³-hybridized carbons (Fsp3) is 0.400. The van der Waals surface area contributed by atoms with Crippen molar-refractivity contribution in [3.8, 4) is 5.75 Å². The minimum Gasteiger partial charge on any atom is -0.488 e. The number of rotatable bonds is 3. The SMILES string of the molecule is CC(C)Oc1ccc(CCl)cc1F. The van der Waals surface area contributed by atoms with Gasteiger partial charge in [0.25, 0.3) is 0 Å². The van der Waals surface area contributed by atoms with E-state index in [2.05, 4.69) is 0 Å². The molecule has 0 radical (unpaired) electrons. The van der Waals surface area contributed by atoms with Crippen molar-refractivity contribution in [3.05, 3.63) is 29.6 Å². The Bertz CT molecular complexity index is 286. The van der Waals surface area contributed by atoms with E-state index in [1.54, 1.807) is 12.1 Å². The Kier molecular flexibility index (Phi) is 3.55. The zero-order valence-electron chi connectivity index (χ0n) is 7.68. The third kappa shape index (κ3) is 2.88. The van der Waals surface area contributed by atoms with Crippen LogP contribution in [0.1, 0.15) is 19.4 Å². The van der Waals surface area contributed by atoms with E-state index in [9.17, 15) is 4.39 Å². The number of hydrogen-bond donors (Lipinski definition) is 0. The van der Waals surface area contributed by atoms with Gasteiger partial charge >= 0.3 is 0 Å². The van der Waals surface area contributed by atoms with Crippen LogP contribution < -0.4 is 4.74 Å². The highest BCUT2D eigenvalue weighted by Crippen LogP contribution is 2.20. The normalized spacial score (nSPS) is 10.5. The molecule has 0 heterocycles. The summed E-state index contributed by atoms with van der Waals surface area (Å²) in [6.45, 7) is 3.71. The van der Waals surface area contributed by atoms with E-state index in [1.807, 2.05) is 13.8 Å². The van der Waals surface area contributed by atoms with Crippen LogP contribution in [-0.2, 0) is 5.88 Å². The van der Waals surface area contributed by atoms with Gasteiger partial charge < -0.3 is 4.74 Å². The largest absolute Gasteiger partial charge is 0.488 e. The summed E-state index contributed by atoms with van der Waals surface area (Å²) in [7, 11) is 0. The predicted octanol–water partition coefficient (Wildman–Crippen LogP) is 3.35. The van der Waals surface area contributed by atoms with Gasteiger partial charge in [-0.3, -0.25) is 0 Å². The number of ether oxygens (including phenoxy) is 1. The third-order valence-corrected chi connectivity index (χ3v) is 1.82. The van der Waals surface area contributed by atoms with Gasteiger partial charge in [0.2, 0.25) is 0 Å². The van der Waals surface area contributed by atoms with Crippen LogP contribution in [0.3, 0.4) is 0 Å². The Morgan fingerprint density at radius 3 is 2.62 bits per heavy atom. The van der Waals surface area contributed by atoms with Crippen LogP contribution in [0.5, 0.6) is 5.75 Å². The Balaban J connectivity index is 2.85. The first-order valence-corrected chi connectivity index (χ1v) is 4.68. The van der Waals surface area contributed by atoms with E-state index >= 15 is 0 Å². The lowest BCUT2D eigenvalue weighted by molar-refractivity contribution is 0.231. The third-order valence-electron chi connectivity index (χ3n) is 1.51. The second-order valence-corrected chi connectivity index (χ2v) is 3.33. The lowest BCUT2D eigenvalue weighted by Gasteiger charge is -2.10. The van der Waals surface area contributed by atoms with Crippen LogP contribution in [0.25, 0.3) is 0 Å². The molecule has 0 unspecified atom stereocenters. The molecule has 1 aromatic rings. The van der Waals surface area contributed by atoms with Gasteiger partial charge in [-0.2, -0.15) is 0 Å². The highest BCUT2D eigenvalue weighted by Gasteiger charge is 2.05. The van der Waals surface area contributed by atoms with Crippen molar-refractivity contribution in [2.24, 2.45) is 0 Å². The molecular formula is C10H12ClFO. The molecule has 0 aliphatic carbocycles. The van der Waals surface area contributed by atoms with Crippen molar-refractivity contribution in [1.82, 2.24) is 0 Å². The maximum atomic E-state index is 13.2. The van der Waals surface area contributed by atoms with E-state index < -0.39 is 0 Å². The van der Waals surface area contributed by atoms with Crippen molar-refractivity contribution >= 4 is 11.6 Å². The maximum Gasteiger partial charge on any atom is 0.165 e. The molecule has 0 spiro atoms. The molecule has 13 heavy (non-hydrogen) atoms. The van der Waals surface area contributed by atoms with Gasteiger partial charge in [0.15, 0.2) is 11.6 Å². The van der Waals surface area contributed by atoms with Gasteiger partial charge in [0.05, 0.1) is 6.10 Å². The molecule has 0 aliphatic heterocycles. The van der Waals surface area contributed by atoms with Crippen molar-refractivity contribution in [1.29, 1.82) is 0 Å². The van der Waals surface area contributed by atoms with E-state index in [1.165, 1.54) is 6.07 Å². The van der Waals surface area contributed by atoms with Crippen molar-refractivity contribution in [2.75, 3.05) is 0 Å². The first kappa shape index (κ1) is 10.3. The van der Waals surface area contributed by atoms with Crippen LogP contribution in [0.15, 0.2) is 18.2 Å².